The fourth-order valence-corrected chi connectivity index (χ4v) is 3.26. The van der Waals surface area contributed by atoms with Crippen molar-refractivity contribution in [1.29, 1.82) is 0 Å². The second-order valence-electron chi connectivity index (χ2n) is 6.07. The summed E-state index contributed by atoms with van der Waals surface area (Å²) in [6.07, 6.45) is 4.93. The number of carbonyl (C=O) groups is 1. The normalized spacial score (nSPS) is 26.0. The predicted molar refractivity (Wildman–Crippen MR) is 81.1 cm³/mol. The molecule has 4 heteroatoms. The van der Waals surface area contributed by atoms with Crippen molar-refractivity contribution < 1.29 is 4.79 Å². The lowest BCUT2D eigenvalue weighted by molar-refractivity contribution is 0.0954. The number of hydrogen-bond donors (Lipinski definition) is 1. The third-order valence-electron chi connectivity index (χ3n) is 4.46. The number of amides is 1. The Morgan fingerprint density at radius 3 is 2.55 bits per heavy atom. The van der Waals surface area contributed by atoms with Gasteiger partial charge < -0.3 is 4.90 Å². The molecule has 2 bridgehead atoms. The smallest absolute Gasteiger partial charge is 0.271 e. The summed E-state index contributed by atoms with van der Waals surface area (Å²) >= 11 is 0. The quantitative estimate of drug-likeness (QED) is 0.859. The van der Waals surface area contributed by atoms with Gasteiger partial charge in [0.2, 0.25) is 0 Å². The van der Waals surface area contributed by atoms with Crippen LogP contribution in [0.1, 0.15) is 36.0 Å². The minimum Gasteiger partial charge on any atom is -0.378 e. The Kier molecular flexibility index (Phi) is 3.47. The SMILES string of the molecule is CN(C)c1ccc(C(=O)N/N=C2/C[C@H]3CC[C@H]2C3)cc1. The van der Waals surface area contributed by atoms with E-state index in [0.717, 1.165) is 18.0 Å². The third-order valence-corrected chi connectivity index (χ3v) is 4.46. The van der Waals surface area contributed by atoms with Gasteiger partial charge in [-0.15, -0.1) is 0 Å². The highest BCUT2D eigenvalue weighted by Gasteiger charge is 2.36. The van der Waals surface area contributed by atoms with Crippen LogP contribution >= 0.6 is 0 Å². The van der Waals surface area contributed by atoms with Crippen LogP contribution in [-0.2, 0) is 0 Å². The molecule has 2 fully saturated rings. The molecule has 2 atom stereocenters. The fourth-order valence-electron chi connectivity index (χ4n) is 3.26. The first-order valence-electron chi connectivity index (χ1n) is 7.27. The zero-order chi connectivity index (χ0) is 14.1. The van der Waals surface area contributed by atoms with Crippen LogP contribution < -0.4 is 10.3 Å². The molecule has 106 valence electrons. The second kappa shape index (κ2) is 5.27. The van der Waals surface area contributed by atoms with Crippen molar-refractivity contribution in [3.05, 3.63) is 29.8 Å². The number of nitrogens with one attached hydrogen (secondary N) is 1. The molecule has 1 N–H and O–H groups in total. The lowest BCUT2D eigenvalue weighted by atomic mass is 9.99. The van der Waals surface area contributed by atoms with Crippen LogP contribution in [0.5, 0.6) is 0 Å². The molecule has 2 aliphatic carbocycles. The Hall–Kier alpha value is -1.84. The molecule has 0 unspecified atom stereocenters. The maximum absolute atomic E-state index is 12.1. The molecule has 2 saturated carbocycles. The first kappa shape index (κ1) is 13.2. The molecule has 1 aromatic rings. The summed E-state index contributed by atoms with van der Waals surface area (Å²) in [6.45, 7) is 0. The Balaban J connectivity index is 1.63. The highest BCUT2D eigenvalue weighted by atomic mass is 16.2. The van der Waals surface area contributed by atoms with Gasteiger partial charge >= 0.3 is 0 Å². The second-order valence-corrected chi connectivity index (χ2v) is 6.07. The highest BCUT2D eigenvalue weighted by Crippen LogP contribution is 2.42. The van der Waals surface area contributed by atoms with Gasteiger partial charge in [-0.25, -0.2) is 5.43 Å². The van der Waals surface area contributed by atoms with E-state index in [0.29, 0.717) is 11.5 Å². The van der Waals surface area contributed by atoms with E-state index in [2.05, 4.69) is 10.5 Å². The number of anilines is 1. The molecule has 0 spiro atoms. The standard InChI is InChI=1S/C16H21N3O/c1-19(2)14-7-5-12(6-8-14)16(20)18-17-15-10-11-3-4-13(15)9-11/h5-8,11,13H,3-4,9-10H2,1-2H3,(H,18,20)/b17-15-/t11-,13-/m0/s1. The number of rotatable bonds is 3. The van der Waals surface area contributed by atoms with Crippen molar-refractivity contribution in [3.63, 3.8) is 0 Å². The first-order chi connectivity index (χ1) is 9.63. The van der Waals surface area contributed by atoms with E-state index in [4.69, 9.17) is 0 Å². The van der Waals surface area contributed by atoms with Crippen molar-refractivity contribution in [2.75, 3.05) is 19.0 Å². The molecule has 3 rings (SSSR count). The summed E-state index contributed by atoms with van der Waals surface area (Å²) in [5.41, 5.74) is 5.64. The van der Waals surface area contributed by atoms with E-state index in [-0.39, 0.29) is 5.91 Å². The molecule has 1 amide bonds. The largest absolute Gasteiger partial charge is 0.378 e. The minimum atomic E-state index is -0.120. The number of hydrazone groups is 1. The van der Waals surface area contributed by atoms with Crippen molar-refractivity contribution in [2.24, 2.45) is 16.9 Å². The lowest BCUT2D eigenvalue weighted by Crippen LogP contribution is -2.22. The third kappa shape index (κ3) is 2.55. The van der Waals surface area contributed by atoms with Gasteiger partial charge in [0, 0.05) is 31.1 Å². The Labute approximate surface area is 119 Å². The van der Waals surface area contributed by atoms with Crippen molar-refractivity contribution in [2.45, 2.75) is 25.7 Å². The van der Waals surface area contributed by atoms with Gasteiger partial charge in [-0.2, -0.15) is 5.10 Å². The zero-order valence-electron chi connectivity index (χ0n) is 12.1. The average Bonchev–Trinajstić information content (AvgIpc) is 3.07. The highest BCUT2D eigenvalue weighted by molar-refractivity contribution is 5.96. The predicted octanol–water partition coefficient (Wildman–Crippen LogP) is 2.66. The Morgan fingerprint density at radius 1 is 1.25 bits per heavy atom. The van der Waals surface area contributed by atoms with Crippen molar-refractivity contribution >= 4 is 17.3 Å². The summed E-state index contributed by atoms with van der Waals surface area (Å²) in [6, 6.07) is 7.57. The molecular formula is C16H21N3O. The first-order valence-corrected chi connectivity index (χ1v) is 7.27. The molecule has 1 aromatic carbocycles. The minimum absolute atomic E-state index is 0.120. The molecule has 0 heterocycles. The van der Waals surface area contributed by atoms with Crippen LogP contribution in [0.3, 0.4) is 0 Å². The van der Waals surface area contributed by atoms with Gasteiger partial charge in [0.25, 0.3) is 5.91 Å². The van der Waals surface area contributed by atoms with Gasteiger partial charge in [-0.1, -0.05) is 0 Å². The summed E-state index contributed by atoms with van der Waals surface area (Å²) in [5, 5.41) is 4.35. The van der Waals surface area contributed by atoms with Gasteiger partial charge in [-0.05, 0) is 61.8 Å². The maximum Gasteiger partial charge on any atom is 0.271 e. The number of carbonyl (C=O) groups excluding carboxylic acids is 1. The number of benzene rings is 1. The number of fused-ring (bicyclic) bond motifs is 2. The molecule has 0 radical (unpaired) electrons. The van der Waals surface area contributed by atoms with E-state index in [1.807, 2.05) is 43.3 Å². The van der Waals surface area contributed by atoms with E-state index >= 15 is 0 Å². The summed E-state index contributed by atoms with van der Waals surface area (Å²) < 4.78 is 0. The van der Waals surface area contributed by atoms with Crippen LogP contribution in [0.15, 0.2) is 29.4 Å². The van der Waals surface area contributed by atoms with Crippen LogP contribution in [0.2, 0.25) is 0 Å². The fraction of sp³-hybridized carbons (Fsp3) is 0.500. The maximum atomic E-state index is 12.1. The molecule has 4 nitrogen and oxygen atoms in total. The van der Waals surface area contributed by atoms with E-state index in [9.17, 15) is 4.79 Å². The van der Waals surface area contributed by atoms with Gasteiger partial charge in [0.05, 0.1) is 0 Å². The van der Waals surface area contributed by atoms with Crippen molar-refractivity contribution in [3.8, 4) is 0 Å². The molecule has 20 heavy (non-hydrogen) atoms. The number of nitrogens with zero attached hydrogens (tertiary/aromatic N) is 2. The molecule has 0 aromatic heterocycles. The summed E-state index contributed by atoms with van der Waals surface area (Å²) in [5.74, 6) is 1.32. The molecule has 0 saturated heterocycles. The Bertz CT molecular complexity index is 533. The monoisotopic (exact) mass is 271 g/mol. The van der Waals surface area contributed by atoms with Crippen molar-refractivity contribution in [1.82, 2.24) is 5.43 Å². The van der Waals surface area contributed by atoms with Gasteiger partial charge in [-0.3, -0.25) is 4.79 Å². The van der Waals surface area contributed by atoms with Crippen LogP contribution in [0.4, 0.5) is 5.69 Å². The van der Waals surface area contributed by atoms with E-state index < -0.39 is 0 Å². The van der Waals surface area contributed by atoms with Crippen LogP contribution in [0.25, 0.3) is 0 Å². The lowest BCUT2D eigenvalue weighted by Gasteiger charge is -2.13. The van der Waals surface area contributed by atoms with E-state index in [1.54, 1.807) is 0 Å². The van der Waals surface area contributed by atoms with Gasteiger partial charge in [0.15, 0.2) is 0 Å². The topological polar surface area (TPSA) is 44.7 Å². The average molecular weight is 271 g/mol. The summed E-state index contributed by atoms with van der Waals surface area (Å²) in [4.78, 5) is 14.1. The van der Waals surface area contributed by atoms with E-state index in [1.165, 1.54) is 25.0 Å². The van der Waals surface area contributed by atoms with Gasteiger partial charge in [0.1, 0.15) is 0 Å². The molecule has 0 aliphatic heterocycles. The zero-order valence-corrected chi connectivity index (χ0v) is 12.1. The van der Waals surface area contributed by atoms with Crippen LogP contribution in [0, 0.1) is 11.8 Å². The summed E-state index contributed by atoms with van der Waals surface area (Å²) in [7, 11) is 3.96. The van der Waals surface area contributed by atoms with Crippen LogP contribution in [-0.4, -0.2) is 25.7 Å². The Morgan fingerprint density at radius 2 is 2.00 bits per heavy atom. The molecule has 2 aliphatic rings. The molecular weight excluding hydrogens is 250 g/mol. The number of hydrogen-bond acceptors (Lipinski definition) is 3.